The van der Waals surface area contributed by atoms with Crippen molar-refractivity contribution in [2.24, 2.45) is 0 Å². The van der Waals surface area contributed by atoms with Crippen molar-refractivity contribution in [3.05, 3.63) is 34.9 Å². The average Bonchev–Trinajstić information content (AvgIpc) is 2.91. The number of benzene rings is 1. The zero-order valence-corrected chi connectivity index (χ0v) is 15.1. The normalized spacial score (nSPS) is 22.8. The summed E-state index contributed by atoms with van der Waals surface area (Å²) in [6.45, 7) is 6.17. The summed E-state index contributed by atoms with van der Waals surface area (Å²) in [5.74, 6) is -0.238. The molecule has 1 aromatic rings. The lowest BCUT2D eigenvalue weighted by molar-refractivity contribution is -0.135. The molecule has 2 atom stereocenters. The number of hydrogen-bond donors (Lipinski definition) is 2. The van der Waals surface area contributed by atoms with Crippen LogP contribution in [0.1, 0.15) is 60.0 Å². The topological polar surface area (TPSA) is 73.3 Å². The van der Waals surface area contributed by atoms with Gasteiger partial charge in [0.05, 0.1) is 5.92 Å². The Bertz CT molecular complexity index is 698. The molecule has 3 rings (SSSR count). The van der Waals surface area contributed by atoms with Crippen molar-refractivity contribution >= 4 is 17.4 Å². The van der Waals surface area contributed by atoms with Crippen LogP contribution in [-0.4, -0.2) is 48.0 Å². The first-order valence-electron chi connectivity index (χ1n) is 9.22. The van der Waals surface area contributed by atoms with E-state index in [1.807, 2.05) is 30.0 Å². The lowest BCUT2D eigenvalue weighted by Crippen LogP contribution is -2.55. The van der Waals surface area contributed by atoms with Gasteiger partial charge < -0.3 is 15.6 Å². The highest BCUT2D eigenvalue weighted by Gasteiger charge is 2.39. The first-order valence-corrected chi connectivity index (χ1v) is 9.22. The lowest BCUT2D eigenvalue weighted by Gasteiger charge is -2.38. The molecule has 0 bridgehead atoms. The molecule has 5 heteroatoms. The highest BCUT2D eigenvalue weighted by atomic mass is 16.2. The van der Waals surface area contributed by atoms with E-state index in [4.69, 9.17) is 5.41 Å². The molecular weight excluding hydrogens is 314 g/mol. The predicted molar refractivity (Wildman–Crippen MR) is 98.5 cm³/mol. The van der Waals surface area contributed by atoms with Gasteiger partial charge in [0.25, 0.3) is 0 Å². The van der Waals surface area contributed by atoms with Gasteiger partial charge in [0, 0.05) is 49.8 Å². The maximum Gasteiger partial charge on any atom is 0.230 e. The number of amides is 1. The fourth-order valence-electron chi connectivity index (χ4n) is 3.96. The average molecular weight is 341 g/mol. The van der Waals surface area contributed by atoms with Gasteiger partial charge in [-0.25, -0.2) is 0 Å². The summed E-state index contributed by atoms with van der Waals surface area (Å²) >= 11 is 0. The van der Waals surface area contributed by atoms with Gasteiger partial charge in [0.2, 0.25) is 5.91 Å². The van der Waals surface area contributed by atoms with Gasteiger partial charge in [-0.1, -0.05) is 31.0 Å². The third-order valence-electron chi connectivity index (χ3n) is 5.24. The van der Waals surface area contributed by atoms with E-state index < -0.39 is 0 Å². The fraction of sp³-hybridized carbons (Fsp3) is 0.550. The molecule has 1 amide bonds. The van der Waals surface area contributed by atoms with Gasteiger partial charge in [0.1, 0.15) is 0 Å². The third-order valence-corrected chi connectivity index (χ3v) is 5.24. The summed E-state index contributed by atoms with van der Waals surface area (Å²) in [6.07, 6.45) is 2.63. The van der Waals surface area contributed by atoms with Crippen LogP contribution in [0.4, 0.5) is 0 Å². The molecule has 2 aliphatic rings. The molecule has 1 fully saturated rings. The Morgan fingerprint density at radius 3 is 2.96 bits per heavy atom. The number of piperazine rings is 1. The molecule has 0 aromatic heterocycles. The standard InChI is InChI=1S/C20H27N3O2/c1-3-4-14(21)10-15-12-22-7-8-23(15)20(25)18-11-19(24)17-9-13(2)5-6-16(17)18/h5-6,9,15,18,21-22H,3-4,7-8,10-12H2,1-2H3. The fourth-order valence-corrected chi connectivity index (χ4v) is 3.96. The number of aryl methyl sites for hydroxylation is 1. The minimum atomic E-state index is -0.357. The molecule has 0 spiro atoms. The van der Waals surface area contributed by atoms with Crippen LogP contribution in [0.25, 0.3) is 0 Å². The van der Waals surface area contributed by atoms with Gasteiger partial charge in [-0.2, -0.15) is 0 Å². The quantitative estimate of drug-likeness (QED) is 0.809. The van der Waals surface area contributed by atoms with Crippen molar-refractivity contribution in [1.29, 1.82) is 5.41 Å². The van der Waals surface area contributed by atoms with Crippen LogP contribution in [0.2, 0.25) is 0 Å². The zero-order valence-electron chi connectivity index (χ0n) is 15.1. The first kappa shape index (κ1) is 17.8. The molecule has 1 aromatic carbocycles. The molecular formula is C20H27N3O2. The number of Topliss-reactive ketones (excluding diaryl/α,β-unsaturated/α-hetero) is 1. The summed E-state index contributed by atoms with van der Waals surface area (Å²) in [5.41, 5.74) is 3.34. The Hall–Kier alpha value is -2.01. The van der Waals surface area contributed by atoms with Gasteiger partial charge in [-0.3, -0.25) is 9.59 Å². The number of nitrogens with one attached hydrogen (secondary N) is 2. The summed E-state index contributed by atoms with van der Waals surface area (Å²) in [5, 5.41) is 11.5. The second-order valence-electron chi connectivity index (χ2n) is 7.22. The SMILES string of the molecule is CCCC(=N)CC1CNCCN1C(=O)C1CC(=O)c2cc(C)ccc21. The van der Waals surface area contributed by atoms with Gasteiger partial charge in [0.15, 0.2) is 5.78 Å². The monoisotopic (exact) mass is 341 g/mol. The van der Waals surface area contributed by atoms with E-state index in [2.05, 4.69) is 12.2 Å². The van der Waals surface area contributed by atoms with Crippen molar-refractivity contribution < 1.29 is 9.59 Å². The van der Waals surface area contributed by atoms with Crippen LogP contribution < -0.4 is 5.32 Å². The molecule has 1 heterocycles. The molecule has 2 unspecified atom stereocenters. The van der Waals surface area contributed by atoms with Crippen LogP contribution in [0.5, 0.6) is 0 Å². The van der Waals surface area contributed by atoms with Crippen molar-refractivity contribution in [2.45, 2.75) is 51.5 Å². The van der Waals surface area contributed by atoms with Crippen LogP contribution in [0, 0.1) is 12.3 Å². The second-order valence-corrected chi connectivity index (χ2v) is 7.22. The summed E-state index contributed by atoms with van der Waals surface area (Å²) < 4.78 is 0. The number of carbonyl (C=O) groups is 2. The minimum Gasteiger partial charge on any atom is -0.336 e. The molecule has 2 N–H and O–H groups in total. The predicted octanol–water partition coefficient (Wildman–Crippen LogP) is 2.68. The van der Waals surface area contributed by atoms with Crippen LogP contribution >= 0.6 is 0 Å². The summed E-state index contributed by atoms with van der Waals surface area (Å²) in [6, 6.07) is 5.83. The molecule has 1 aliphatic carbocycles. The molecule has 134 valence electrons. The van der Waals surface area contributed by atoms with Crippen LogP contribution in [0.3, 0.4) is 0 Å². The Balaban J connectivity index is 1.79. The van der Waals surface area contributed by atoms with Crippen molar-refractivity contribution in [3.8, 4) is 0 Å². The second kappa shape index (κ2) is 7.48. The number of ketones is 1. The van der Waals surface area contributed by atoms with Crippen LogP contribution in [0.15, 0.2) is 18.2 Å². The molecule has 0 radical (unpaired) electrons. The maximum atomic E-state index is 13.2. The van der Waals surface area contributed by atoms with Gasteiger partial charge in [-0.15, -0.1) is 0 Å². The zero-order chi connectivity index (χ0) is 18.0. The van der Waals surface area contributed by atoms with Gasteiger partial charge >= 0.3 is 0 Å². The number of fused-ring (bicyclic) bond motifs is 1. The van der Waals surface area contributed by atoms with E-state index in [1.54, 1.807) is 0 Å². The van der Waals surface area contributed by atoms with Crippen molar-refractivity contribution in [3.63, 3.8) is 0 Å². The lowest BCUT2D eigenvalue weighted by atomic mass is 9.96. The number of nitrogens with zero attached hydrogens (tertiary/aromatic N) is 1. The van der Waals surface area contributed by atoms with Gasteiger partial charge in [-0.05, 0) is 25.0 Å². The first-order chi connectivity index (χ1) is 12.0. The van der Waals surface area contributed by atoms with E-state index in [0.29, 0.717) is 24.2 Å². The van der Waals surface area contributed by atoms with Crippen molar-refractivity contribution in [1.82, 2.24) is 10.2 Å². The van der Waals surface area contributed by atoms with Crippen molar-refractivity contribution in [2.75, 3.05) is 19.6 Å². The number of carbonyl (C=O) groups excluding carboxylic acids is 2. The number of rotatable bonds is 5. The minimum absolute atomic E-state index is 0.0184. The Labute approximate surface area is 149 Å². The molecule has 5 nitrogen and oxygen atoms in total. The highest BCUT2D eigenvalue weighted by molar-refractivity contribution is 6.07. The molecule has 1 saturated heterocycles. The van der Waals surface area contributed by atoms with E-state index in [9.17, 15) is 9.59 Å². The smallest absolute Gasteiger partial charge is 0.230 e. The Morgan fingerprint density at radius 1 is 1.40 bits per heavy atom. The molecule has 1 aliphatic heterocycles. The van der Waals surface area contributed by atoms with E-state index in [1.165, 1.54) is 0 Å². The third kappa shape index (κ3) is 3.66. The van der Waals surface area contributed by atoms with E-state index in [-0.39, 0.29) is 30.1 Å². The summed E-state index contributed by atoms with van der Waals surface area (Å²) in [7, 11) is 0. The Kier molecular flexibility index (Phi) is 5.33. The Morgan fingerprint density at radius 2 is 2.20 bits per heavy atom. The molecule has 25 heavy (non-hydrogen) atoms. The van der Waals surface area contributed by atoms with E-state index >= 15 is 0 Å². The molecule has 0 saturated carbocycles. The van der Waals surface area contributed by atoms with Crippen LogP contribution in [-0.2, 0) is 4.79 Å². The highest BCUT2D eigenvalue weighted by Crippen LogP contribution is 2.35. The number of hydrogen-bond acceptors (Lipinski definition) is 4. The maximum absolute atomic E-state index is 13.2. The van der Waals surface area contributed by atoms with E-state index in [0.717, 1.165) is 37.1 Å². The summed E-state index contributed by atoms with van der Waals surface area (Å²) in [4.78, 5) is 27.5. The largest absolute Gasteiger partial charge is 0.336 e.